The fourth-order valence-electron chi connectivity index (χ4n) is 3.46. The van der Waals surface area contributed by atoms with Crippen LogP contribution >= 0.6 is 11.3 Å². The number of amides is 2. The van der Waals surface area contributed by atoms with Crippen LogP contribution in [-0.2, 0) is 18.3 Å². The second-order valence-corrected chi connectivity index (χ2v) is 7.13. The summed E-state index contributed by atoms with van der Waals surface area (Å²) in [6, 6.07) is 3.88. The predicted molar refractivity (Wildman–Crippen MR) is 97.5 cm³/mol. The SMILES string of the molecule is CC(=O)N1CCCCC1c1ccc(C(=O)NCCc2cscn2)n1C. The zero-order chi connectivity index (χ0) is 17.8. The number of hydrogen-bond acceptors (Lipinski definition) is 4. The minimum Gasteiger partial charge on any atom is -0.350 e. The zero-order valence-corrected chi connectivity index (χ0v) is 15.5. The number of rotatable bonds is 5. The van der Waals surface area contributed by atoms with Gasteiger partial charge >= 0.3 is 0 Å². The maximum absolute atomic E-state index is 12.5. The highest BCUT2D eigenvalue weighted by molar-refractivity contribution is 7.07. The number of likely N-dealkylation sites (tertiary alicyclic amines) is 1. The van der Waals surface area contributed by atoms with Crippen molar-refractivity contribution in [3.05, 3.63) is 40.1 Å². The molecule has 1 saturated heterocycles. The molecule has 3 rings (SSSR count). The van der Waals surface area contributed by atoms with E-state index in [4.69, 9.17) is 0 Å². The molecule has 2 aromatic heterocycles. The molecule has 1 unspecified atom stereocenters. The lowest BCUT2D eigenvalue weighted by molar-refractivity contribution is -0.132. The Kier molecular flexibility index (Phi) is 5.53. The highest BCUT2D eigenvalue weighted by atomic mass is 32.1. The molecule has 1 aliphatic heterocycles. The van der Waals surface area contributed by atoms with Gasteiger partial charge in [-0.15, -0.1) is 11.3 Å². The van der Waals surface area contributed by atoms with Gasteiger partial charge in [0.1, 0.15) is 5.69 Å². The topological polar surface area (TPSA) is 67.2 Å². The largest absolute Gasteiger partial charge is 0.350 e. The van der Waals surface area contributed by atoms with Gasteiger partial charge in [-0.05, 0) is 31.4 Å². The van der Waals surface area contributed by atoms with Gasteiger partial charge in [-0.3, -0.25) is 9.59 Å². The lowest BCUT2D eigenvalue weighted by atomic mass is 9.99. The summed E-state index contributed by atoms with van der Waals surface area (Å²) in [5.41, 5.74) is 4.45. The molecule has 1 N–H and O–H groups in total. The summed E-state index contributed by atoms with van der Waals surface area (Å²) in [5, 5.41) is 4.94. The molecule has 0 saturated carbocycles. The van der Waals surface area contributed by atoms with E-state index in [-0.39, 0.29) is 17.9 Å². The van der Waals surface area contributed by atoms with Crippen molar-refractivity contribution in [1.82, 2.24) is 19.8 Å². The zero-order valence-electron chi connectivity index (χ0n) is 14.7. The molecule has 134 valence electrons. The molecular weight excluding hydrogens is 336 g/mol. The van der Waals surface area contributed by atoms with Gasteiger partial charge in [0.25, 0.3) is 5.91 Å². The van der Waals surface area contributed by atoms with Crippen LogP contribution in [-0.4, -0.2) is 39.4 Å². The van der Waals surface area contributed by atoms with E-state index < -0.39 is 0 Å². The van der Waals surface area contributed by atoms with Crippen molar-refractivity contribution in [2.24, 2.45) is 7.05 Å². The van der Waals surface area contributed by atoms with Gasteiger partial charge in [-0.1, -0.05) is 0 Å². The number of hydrogen-bond donors (Lipinski definition) is 1. The Morgan fingerprint density at radius 2 is 2.20 bits per heavy atom. The van der Waals surface area contributed by atoms with Crippen molar-refractivity contribution in [3.63, 3.8) is 0 Å². The normalized spacial score (nSPS) is 17.5. The first-order valence-electron chi connectivity index (χ1n) is 8.66. The molecule has 6 nitrogen and oxygen atoms in total. The summed E-state index contributed by atoms with van der Waals surface area (Å²) in [6.07, 6.45) is 3.83. The molecule has 1 aliphatic rings. The van der Waals surface area contributed by atoms with Crippen molar-refractivity contribution in [2.45, 2.75) is 38.6 Å². The van der Waals surface area contributed by atoms with Crippen molar-refractivity contribution in [3.8, 4) is 0 Å². The Morgan fingerprint density at radius 1 is 1.36 bits per heavy atom. The van der Waals surface area contributed by atoms with Gasteiger partial charge < -0.3 is 14.8 Å². The van der Waals surface area contributed by atoms with Crippen LogP contribution in [0.5, 0.6) is 0 Å². The summed E-state index contributed by atoms with van der Waals surface area (Å²) in [6.45, 7) is 2.97. The lowest BCUT2D eigenvalue weighted by Gasteiger charge is -2.35. The quantitative estimate of drug-likeness (QED) is 0.891. The van der Waals surface area contributed by atoms with Gasteiger partial charge in [0, 0.05) is 44.6 Å². The number of thiazole rings is 1. The van der Waals surface area contributed by atoms with Crippen LogP contribution in [0, 0.1) is 0 Å². The monoisotopic (exact) mass is 360 g/mol. The Balaban J connectivity index is 1.67. The average Bonchev–Trinajstić information content (AvgIpc) is 3.24. The van der Waals surface area contributed by atoms with Crippen LogP contribution in [0.2, 0.25) is 0 Å². The van der Waals surface area contributed by atoms with Gasteiger partial charge in [0.15, 0.2) is 0 Å². The standard InChI is InChI=1S/C18H24N4O2S/c1-13(23)22-10-4-3-5-16(22)15-6-7-17(21(15)2)18(24)19-9-8-14-11-25-12-20-14/h6-7,11-12,16H,3-5,8-10H2,1-2H3,(H,19,24). The third kappa shape index (κ3) is 3.92. The Bertz CT molecular complexity index is 738. The third-order valence-electron chi connectivity index (χ3n) is 4.79. The minimum absolute atomic E-state index is 0.0628. The Labute approximate surface area is 151 Å². The summed E-state index contributed by atoms with van der Waals surface area (Å²) in [5.74, 6) is 0.00864. The fourth-order valence-corrected chi connectivity index (χ4v) is 4.05. The van der Waals surface area contributed by atoms with Crippen LogP contribution in [0.4, 0.5) is 0 Å². The van der Waals surface area contributed by atoms with Crippen LogP contribution in [0.1, 0.15) is 54.1 Å². The summed E-state index contributed by atoms with van der Waals surface area (Å²) >= 11 is 1.56. The molecule has 2 aromatic rings. The van der Waals surface area contributed by atoms with Crippen molar-refractivity contribution < 1.29 is 9.59 Å². The number of nitrogens with zero attached hydrogens (tertiary/aromatic N) is 3. The molecule has 0 bridgehead atoms. The van der Waals surface area contributed by atoms with Crippen LogP contribution < -0.4 is 5.32 Å². The Morgan fingerprint density at radius 3 is 2.92 bits per heavy atom. The van der Waals surface area contributed by atoms with E-state index in [1.807, 2.05) is 34.0 Å². The molecule has 25 heavy (non-hydrogen) atoms. The van der Waals surface area contributed by atoms with Crippen molar-refractivity contribution in [2.75, 3.05) is 13.1 Å². The van der Waals surface area contributed by atoms with Crippen molar-refractivity contribution >= 4 is 23.2 Å². The molecule has 7 heteroatoms. The first-order valence-corrected chi connectivity index (χ1v) is 9.60. The number of carbonyl (C=O) groups is 2. The number of aromatic nitrogens is 2. The first kappa shape index (κ1) is 17.7. The molecule has 0 radical (unpaired) electrons. The molecule has 2 amide bonds. The van der Waals surface area contributed by atoms with E-state index in [2.05, 4.69) is 10.3 Å². The highest BCUT2D eigenvalue weighted by Gasteiger charge is 2.28. The predicted octanol–water partition coefficient (Wildman–Crippen LogP) is 2.53. The van der Waals surface area contributed by atoms with Gasteiger partial charge in [0.2, 0.25) is 5.91 Å². The second kappa shape index (κ2) is 7.82. The number of carbonyl (C=O) groups excluding carboxylic acids is 2. The Hall–Kier alpha value is -2.15. The molecule has 0 aliphatic carbocycles. The van der Waals surface area contributed by atoms with Crippen LogP contribution in [0.15, 0.2) is 23.0 Å². The van der Waals surface area contributed by atoms with E-state index in [0.717, 1.165) is 43.6 Å². The van der Waals surface area contributed by atoms with Crippen molar-refractivity contribution in [1.29, 1.82) is 0 Å². The van der Waals surface area contributed by atoms with E-state index in [1.54, 1.807) is 23.8 Å². The summed E-state index contributed by atoms with van der Waals surface area (Å²) in [4.78, 5) is 30.5. The minimum atomic E-state index is -0.0887. The van der Waals surface area contributed by atoms with E-state index in [1.165, 1.54) is 0 Å². The molecule has 1 fully saturated rings. The van der Waals surface area contributed by atoms with Gasteiger partial charge in [0.05, 0.1) is 17.2 Å². The lowest BCUT2D eigenvalue weighted by Crippen LogP contribution is -2.38. The smallest absolute Gasteiger partial charge is 0.267 e. The summed E-state index contributed by atoms with van der Waals surface area (Å²) in [7, 11) is 1.90. The molecule has 0 aromatic carbocycles. The third-order valence-corrected chi connectivity index (χ3v) is 5.43. The van der Waals surface area contributed by atoms with E-state index in [0.29, 0.717) is 12.2 Å². The fraction of sp³-hybridized carbons (Fsp3) is 0.500. The number of piperidine rings is 1. The maximum atomic E-state index is 12.5. The van der Waals surface area contributed by atoms with E-state index >= 15 is 0 Å². The molecule has 3 heterocycles. The maximum Gasteiger partial charge on any atom is 0.267 e. The van der Waals surface area contributed by atoms with Gasteiger partial charge in [-0.2, -0.15) is 0 Å². The number of nitrogens with one attached hydrogen (secondary N) is 1. The highest BCUT2D eigenvalue weighted by Crippen LogP contribution is 2.31. The second-order valence-electron chi connectivity index (χ2n) is 6.41. The summed E-state index contributed by atoms with van der Waals surface area (Å²) < 4.78 is 1.92. The van der Waals surface area contributed by atoms with Crippen LogP contribution in [0.25, 0.3) is 0 Å². The average molecular weight is 360 g/mol. The molecule has 0 spiro atoms. The van der Waals surface area contributed by atoms with Gasteiger partial charge in [-0.25, -0.2) is 4.98 Å². The molecule has 1 atom stereocenters. The molecular formula is C18H24N4O2S. The van der Waals surface area contributed by atoms with Crippen LogP contribution in [0.3, 0.4) is 0 Å². The first-order chi connectivity index (χ1) is 12.1. The van der Waals surface area contributed by atoms with E-state index in [9.17, 15) is 9.59 Å².